The van der Waals surface area contributed by atoms with E-state index >= 15 is 0 Å². The topological polar surface area (TPSA) is 52.9 Å². The Balaban J connectivity index is 3.02. The Hall–Kier alpha value is -2.03. The molecule has 0 bridgehead atoms. The molecular weight excluding hydrogens is 233 g/mol. The van der Waals surface area contributed by atoms with Gasteiger partial charge in [-0.1, -0.05) is 0 Å². The molecule has 1 aromatic rings. The van der Waals surface area contributed by atoms with Crippen LogP contribution in [-0.2, 0) is 4.79 Å². The minimum Gasteiger partial charge on any atom is -0.322 e. The summed E-state index contributed by atoms with van der Waals surface area (Å²) in [5, 5.41) is 10.7. The van der Waals surface area contributed by atoms with Gasteiger partial charge in [0.1, 0.15) is 11.2 Å². The maximum Gasteiger partial charge on any atom is 0.244 e. The Morgan fingerprint density at radius 3 is 2.29 bits per heavy atom. The van der Waals surface area contributed by atoms with Gasteiger partial charge in [0, 0.05) is 12.1 Å². The van der Waals surface area contributed by atoms with Gasteiger partial charge in [-0.2, -0.15) is 5.26 Å². The van der Waals surface area contributed by atoms with Crippen LogP contribution in [0.5, 0.6) is 0 Å². The summed E-state index contributed by atoms with van der Waals surface area (Å²) in [6.07, 6.45) is 0. The smallest absolute Gasteiger partial charge is 0.244 e. The SMILES string of the molecule is CC(C)(C#N)C(=O)Nc1cc(F)c(F)cc1F. The molecule has 1 amide bonds. The van der Waals surface area contributed by atoms with Gasteiger partial charge in [0.15, 0.2) is 11.6 Å². The summed E-state index contributed by atoms with van der Waals surface area (Å²) in [4.78, 5) is 11.5. The maximum absolute atomic E-state index is 13.2. The van der Waals surface area contributed by atoms with Crippen molar-refractivity contribution in [1.29, 1.82) is 5.26 Å². The molecule has 1 rings (SSSR count). The number of amides is 1. The lowest BCUT2D eigenvalue weighted by Gasteiger charge is -2.15. The average molecular weight is 242 g/mol. The van der Waals surface area contributed by atoms with Gasteiger partial charge in [0.05, 0.1) is 11.8 Å². The predicted molar refractivity (Wildman–Crippen MR) is 54.3 cm³/mol. The number of nitriles is 1. The van der Waals surface area contributed by atoms with E-state index in [-0.39, 0.29) is 0 Å². The molecule has 0 fully saturated rings. The van der Waals surface area contributed by atoms with Crippen LogP contribution in [0.1, 0.15) is 13.8 Å². The summed E-state index contributed by atoms with van der Waals surface area (Å²) >= 11 is 0. The van der Waals surface area contributed by atoms with Crippen molar-refractivity contribution in [2.24, 2.45) is 5.41 Å². The summed E-state index contributed by atoms with van der Waals surface area (Å²) in [6.45, 7) is 2.64. The van der Waals surface area contributed by atoms with E-state index in [2.05, 4.69) is 0 Å². The Kier molecular flexibility index (Phi) is 3.42. The zero-order chi connectivity index (χ0) is 13.2. The van der Waals surface area contributed by atoms with E-state index in [4.69, 9.17) is 5.26 Å². The highest BCUT2D eigenvalue weighted by Crippen LogP contribution is 2.22. The van der Waals surface area contributed by atoms with Gasteiger partial charge in [-0.3, -0.25) is 4.79 Å². The van der Waals surface area contributed by atoms with Crippen LogP contribution in [-0.4, -0.2) is 5.91 Å². The number of hydrogen-bond acceptors (Lipinski definition) is 2. The molecule has 6 heteroatoms. The number of carbonyl (C=O) groups is 1. The summed E-state index contributed by atoms with van der Waals surface area (Å²) < 4.78 is 38.6. The number of benzene rings is 1. The molecule has 1 N–H and O–H groups in total. The molecule has 0 aromatic heterocycles. The zero-order valence-corrected chi connectivity index (χ0v) is 9.14. The van der Waals surface area contributed by atoms with E-state index in [1.165, 1.54) is 13.8 Å². The van der Waals surface area contributed by atoms with Crippen molar-refractivity contribution in [3.05, 3.63) is 29.6 Å². The number of carbonyl (C=O) groups excluding carboxylic acids is 1. The van der Waals surface area contributed by atoms with Crippen LogP contribution in [0.3, 0.4) is 0 Å². The molecule has 3 nitrogen and oxygen atoms in total. The van der Waals surface area contributed by atoms with Crippen LogP contribution in [0, 0.1) is 34.2 Å². The molecule has 0 aliphatic carbocycles. The van der Waals surface area contributed by atoms with Crippen LogP contribution >= 0.6 is 0 Å². The number of anilines is 1. The lowest BCUT2D eigenvalue weighted by atomic mass is 9.94. The molecule has 0 atom stereocenters. The van der Waals surface area contributed by atoms with Crippen molar-refractivity contribution in [1.82, 2.24) is 0 Å². The summed E-state index contributed by atoms with van der Waals surface area (Å²) in [5.74, 6) is -4.53. The molecule has 0 heterocycles. The molecule has 0 saturated carbocycles. The first-order chi connectivity index (χ1) is 7.77. The fourth-order valence-electron chi connectivity index (χ4n) is 0.948. The van der Waals surface area contributed by atoms with E-state index < -0.39 is 34.5 Å². The van der Waals surface area contributed by atoms with Crippen molar-refractivity contribution in [2.75, 3.05) is 5.32 Å². The first-order valence-corrected chi connectivity index (χ1v) is 4.65. The van der Waals surface area contributed by atoms with Crippen molar-refractivity contribution in [2.45, 2.75) is 13.8 Å². The Morgan fingerprint density at radius 2 is 1.76 bits per heavy atom. The van der Waals surface area contributed by atoms with Crippen molar-refractivity contribution < 1.29 is 18.0 Å². The normalized spacial score (nSPS) is 10.8. The molecule has 0 saturated heterocycles. The van der Waals surface area contributed by atoms with Crippen LogP contribution in [0.25, 0.3) is 0 Å². The molecule has 17 heavy (non-hydrogen) atoms. The number of rotatable bonds is 2. The van der Waals surface area contributed by atoms with Gasteiger partial charge < -0.3 is 5.32 Å². The molecule has 0 radical (unpaired) electrons. The standard InChI is InChI=1S/C11H9F3N2O/c1-11(2,5-15)10(17)16-9-4-7(13)6(12)3-8(9)14/h3-4H,1-2H3,(H,16,17). The first kappa shape index (κ1) is 13.0. The van der Waals surface area contributed by atoms with E-state index in [9.17, 15) is 18.0 Å². The van der Waals surface area contributed by atoms with Crippen molar-refractivity contribution >= 4 is 11.6 Å². The van der Waals surface area contributed by atoms with Gasteiger partial charge in [-0.25, -0.2) is 13.2 Å². The maximum atomic E-state index is 13.2. The molecule has 90 valence electrons. The highest BCUT2D eigenvalue weighted by Gasteiger charge is 2.28. The minimum absolute atomic E-state index is 0.324. The number of nitrogens with zero attached hydrogens (tertiary/aromatic N) is 1. The Morgan fingerprint density at radius 1 is 1.24 bits per heavy atom. The molecule has 0 unspecified atom stereocenters. The second-order valence-corrected chi connectivity index (χ2v) is 3.94. The summed E-state index contributed by atoms with van der Waals surface area (Å²) in [6, 6.07) is 2.55. The number of nitrogens with one attached hydrogen (secondary N) is 1. The quantitative estimate of drug-likeness (QED) is 0.810. The molecule has 0 aliphatic rings. The molecule has 0 spiro atoms. The van der Waals surface area contributed by atoms with Gasteiger partial charge in [-0.05, 0) is 13.8 Å². The number of hydrogen-bond donors (Lipinski definition) is 1. The van der Waals surface area contributed by atoms with E-state index in [1.807, 2.05) is 5.32 Å². The third-order valence-electron chi connectivity index (χ3n) is 2.11. The minimum atomic E-state index is -1.39. The third kappa shape index (κ3) is 2.75. The van der Waals surface area contributed by atoms with E-state index in [1.54, 1.807) is 6.07 Å². The highest BCUT2D eigenvalue weighted by molar-refractivity contribution is 5.96. The van der Waals surface area contributed by atoms with E-state index in [0.29, 0.717) is 12.1 Å². The first-order valence-electron chi connectivity index (χ1n) is 4.65. The molecular formula is C11H9F3N2O. The lowest BCUT2D eigenvalue weighted by Crippen LogP contribution is -2.29. The van der Waals surface area contributed by atoms with Crippen molar-refractivity contribution in [3.8, 4) is 6.07 Å². The highest BCUT2D eigenvalue weighted by atomic mass is 19.2. The van der Waals surface area contributed by atoms with Gasteiger partial charge in [0.25, 0.3) is 0 Å². The average Bonchev–Trinajstić information content (AvgIpc) is 2.25. The fourth-order valence-corrected chi connectivity index (χ4v) is 0.948. The van der Waals surface area contributed by atoms with Crippen LogP contribution in [0.4, 0.5) is 18.9 Å². The summed E-state index contributed by atoms with van der Waals surface area (Å²) in [7, 11) is 0. The Labute approximate surface area is 95.9 Å². The largest absolute Gasteiger partial charge is 0.322 e. The zero-order valence-electron chi connectivity index (χ0n) is 9.14. The fraction of sp³-hybridized carbons (Fsp3) is 0.273. The molecule has 0 aliphatic heterocycles. The third-order valence-corrected chi connectivity index (χ3v) is 2.11. The predicted octanol–water partition coefficient (Wildman–Crippen LogP) is 2.59. The lowest BCUT2D eigenvalue weighted by molar-refractivity contribution is -0.121. The van der Waals surface area contributed by atoms with Crippen LogP contribution in [0.15, 0.2) is 12.1 Å². The Bertz CT molecular complexity index is 506. The van der Waals surface area contributed by atoms with Gasteiger partial charge in [-0.15, -0.1) is 0 Å². The van der Waals surface area contributed by atoms with Crippen molar-refractivity contribution in [3.63, 3.8) is 0 Å². The van der Waals surface area contributed by atoms with Crippen LogP contribution < -0.4 is 5.32 Å². The number of halogens is 3. The van der Waals surface area contributed by atoms with Gasteiger partial charge in [0.2, 0.25) is 5.91 Å². The second kappa shape index (κ2) is 4.45. The second-order valence-electron chi connectivity index (χ2n) is 3.94. The monoisotopic (exact) mass is 242 g/mol. The summed E-state index contributed by atoms with van der Waals surface area (Å²) in [5.41, 5.74) is -1.89. The molecule has 1 aromatic carbocycles. The van der Waals surface area contributed by atoms with E-state index in [0.717, 1.165) is 0 Å². The van der Waals surface area contributed by atoms with Crippen LogP contribution in [0.2, 0.25) is 0 Å². The van der Waals surface area contributed by atoms with Gasteiger partial charge >= 0.3 is 0 Å².